The Morgan fingerprint density at radius 1 is 1.07 bits per heavy atom. The first kappa shape index (κ1) is 19.6. The molecule has 1 N–H and O–H groups in total. The van der Waals surface area contributed by atoms with E-state index < -0.39 is 41.5 Å². The number of nitrogens with zero attached hydrogens (tertiary/aromatic N) is 1. The van der Waals surface area contributed by atoms with Crippen molar-refractivity contribution in [3.05, 3.63) is 54.1 Å². The first-order valence-corrected chi connectivity index (χ1v) is 8.04. The molecular formula is C18H13F5N2O3. The van der Waals surface area contributed by atoms with Crippen LogP contribution in [0.5, 0.6) is 5.75 Å². The predicted octanol–water partition coefficient (Wildman–Crippen LogP) is 3.86. The van der Waals surface area contributed by atoms with Crippen molar-refractivity contribution in [2.45, 2.75) is 12.8 Å². The van der Waals surface area contributed by atoms with E-state index >= 15 is 0 Å². The molecule has 0 saturated carbocycles. The zero-order chi connectivity index (χ0) is 20.5. The summed E-state index contributed by atoms with van der Waals surface area (Å²) in [5.41, 5.74) is 0.216. The Morgan fingerprint density at radius 2 is 1.68 bits per heavy atom. The van der Waals surface area contributed by atoms with Gasteiger partial charge in [0.1, 0.15) is 17.4 Å². The second kappa shape index (κ2) is 7.45. The van der Waals surface area contributed by atoms with Crippen LogP contribution < -0.4 is 15.0 Å². The van der Waals surface area contributed by atoms with Gasteiger partial charge in [0.2, 0.25) is 11.8 Å². The lowest BCUT2D eigenvalue weighted by molar-refractivity contribution is -0.274. The normalized spacial score (nSPS) is 17.0. The highest BCUT2D eigenvalue weighted by atomic mass is 19.4. The summed E-state index contributed by atoms with van der Waals surface area (Å²) in [6.07, 6.45) is -4.99. The fourth-order valence-electron chi connectivity index (χ4n) is 2.81. The van der Waals surface area contributed by atoms with Gasteiger partial charge >= 0.3 is 6.36 Å². The quantitative estimate of drug-likeness (QED) is 0.794. The molecule has 0 spiro atoms. The second-order valence-electron chi connectivity index (χ2n) is 6.09. The molecule has 1 saturated heterocycles. The van der Waals surface area contributed by atoms with Gasteiger partial charge in [-0.1, -0.05) is 0 Å². The Hall–Kier alpha value is -3.17. The van der Waals surface area contributed by atoms with Crippen LogP contribution in [-0.4, -0.2) is 24.7 Å². The van der Waals surface area contributed by atoms with Gasteiger partial charge in [-0.05, 0) is 36.4 Å². The van der Waals surface area contributed by atoms with Gasteiger partial charge in [-0.3, -0.25) is 9.59 Å². The van der Waals surface area contributed by atoms with Crippen molar-refractivity contribution in [2.75, 3.05) is 16.8 Å². The van der Waals surface area contributed by atoms with Gasteiger partial charge in [0.15, 0.2) is 0 Å². The van der Waals surface area contributed by atoms with Crippen LogP contribution in [0.25, 0.3) is 0 Å². The highest BCUT2D eigenvalue weighted by Gasteiger charge is 2.35. The zero-order valence-electron chi connectivity index (χ0n) is 14.1. The molecule has 1 atom stereocenters. The maximum absolute atomic E-state index is 13.3. The molecule has 2 aromatic carbocycles. The van der Waals surface area contributed by atoms with Crippen molar-refractivity contribution in [2.24, 2.45) is 5.92 Å². The highest BCUT2D eigenvalue weighted by Crippen LogP contribution is 2.28. The van der Waals surface area contributed by atoms with Crippen LogP contribution in [-0.2, 0) is 9.59 Å². The topological polar surface area (TPSA) is 58.6 Å². The molecule has 1 heterocycles. The van der Waals surface area contributed by atoms with E-state index in [4.69, 9.17) is 0 Å². The Labute approximate surface area is 155 Å². The zero-order valence-corrected chi connectivity index (χ0v) is 14.1. The minimum Gasteiger partial charge on any atom is -0.406 e. The van der Waals surface area contributed by atoms with Crippen molar-refractivity contribution >= 4 is 23.2 Å². The monoisotopic (exact) mass is 400 g/mol. The average Bonchev–Trinajstić information content (AvgIpc) is 2.96. The minimum absolute atomic E-state index is 0.00597. The number of amides is 2. The van der Waals surface area contributed by atoms with Crippen LogP contribution in [0.4, 0.5) is 33.3 Å². The Morgan fingerprint density at radius 3 is 2.25 bits per heavy atom. The van der Waals surface area contributed by atoms with E-state index in [9.17, 15) is 31.5 Å². The van der Waals surface area contributed by atoms with Crippen LogP contribution in [0.1, 0.15) is 6.42 Å². The number of anilines is 2. The molecule has 2 amide bonds. The summed E-state index contributed by atoms with van der Waals surface area (Å²) in [5.74, 6) is -3.95. The molecule has 148 valence electrons. The summed E-state index contributed by atoms with van der Waals surface area (Å²) in [6, 6.07) is 7.14. The van der Waals surface area contributed by atoms with E-state index in [1.54, 1.807) is 0 Å². The number of rotatable bonds is 4. The van der Waals surface area contributed by atoms with E-state index in [-0.39, 0.29) is 24.3 Å². The molecule has 5 nitrogen and oxygen atoms in total. The number of nitrogens with one attached hydrogen (secondary N) is 1. The van der Waals surface area contributed by atoms with E-state index in [0.29, 0.717) is 6.07 Å². The second-order valence-corrected chi connectivity index (χ2v) is 6.09. The molecular weight excluding hydrogens is 387 g/mol. The molecule has 2 aromatic rings. The standard InChI is InChI=1S/C18H13F5N2O3/c19-11-6-12(20)8-14(7-11)25-9-10(5-16(25)26)17(27)24-13-1-3-15(4-2-13)28-18(21,22)23/h1-4,6-8,10H,5,9H2,(H,24,27). The lowest BCUT2D eigenvalue weighted by Gasteiger charge is -2.17. The Kier molecular flexibility index (Phi) is 5.21. The molecule has 1 unspecified atom stereocenters. The summed E-state index contributed by atoms with van der Waals surface area (Å²) in [5, 5.41) is 2.49. The van der Waals surface area contributed by atoms with Gasteiger partial charge in [0, 0.05) is 30.4 Å². The van der Waals surface area contributed by atoms with Gasteiger partial charge in [-0.25, -0.2) is 8.78 Å². The minimum atomic E-state index is -4.82. The summed E-state index contributed by atoms with van der Waals surface area (Å²) in [4.78, 5) is 25.6. The molecule has 1 aliphatic rings. The summed E-state index contributed by atoms with van der Waals surface area (Å²) < 4.78 is 66.9. The Balaban J connectivity index is 1.64. The van der Waals surface area contributed by atoms with Gasteiger partial charge in [-0.15, -0.1) is 13.2 Å². The van der Waals surface area contributed by atoms with Crippen molar-refractivity contribution in [1.29, 1.82) is 0 Å². The summed E-state index contributed by atoms with van der Waals surface area (Å²) >= 11 is 0. The first-order valence-electron chi connectivity index (χ1n) is 8.04. The lowest BCUT2D eigenvalue weighted by atomic mass is 10.1. The van der Waals surface area contributed by atoms with Crippen molar-refractivity contribution in [1.82, 2.24) is 0 Å². The number of ether oxygens (including phenoxy) is 1. The SMILES string of the molecule is O=C(Nc1ccc(OC(F)(F)F)cc1)C1CC(=O)N(c2cc(F)cc(F)c2)C1. The molecule has 10 heteroatoms. The maximum Gasteiger partial charge on any atom is 0.573 e. The molecule has 0 aromatic heterocycles. The van der Waals surface area contributed by atoms with E-state index in [2.05, 4.69) is 10.1 Å². The fourth-order valence-corrected chi connectivity index (χ4v) is 2.81. The van der Waals surface area contributed by atoms with Gasteiger partial charge in [-0.2, -0.15) is 0 Å². The van der Waals surface area contributed by atoms with Crippen LogP contribution >= 0.6 is 0 Å². The molecule has 1 fully saturated rings. The molecule has 3 rings (SSSR count). The van der Waals surface area contributed by atoms with Crippen LogP contribution in [0.2, 0.25) is 0 Å². The lowest BCUT2D eigenvalue weighted by Crippen LogP contribution is -2.28. The number of alkyl halides is 3. The number of benzene rings is 2. The fraction of sp³-hybridized carbons (Fsp3) is 0.222. The smallest absolute Gasteiger partial charge is 0.406 e. The Bertz CT molecular complexity index is 879. The van der Waals surface area contributed by atoms with Crippen LogP contribution in [0.15, 0.2) is 42.5 Å². The van der Waals surface area contributed by atoms with Gasteiger partial charge in [0.05, 0.1) is 5.92 Å². The van der Waals surface area contributed by atoms with Gasteiger partial charge in [0.25, 0.3) is 0 Å². The largest absolute Gasteiger partial charge is 0.573 e. The van der Waals surface area contributed by atoms with Crippen molar-refractivity contribution < 1.29 is 36.3 Å². The molecule has 28 heavy (non-hydrogen) atoms. The van der Waals surface area contributed by atoms with Crippen LogP contribution in [0, 0.1) is 17.6 Å². The molecule has 0 aliphatic carbocycles. The van der Waals surface area contributed by atoms with Crippen LogP contribution in [0.3, 0.4) is 0 Å². The third kappa shape index (κ3) is 4.76. The number of hydrogen-bond acceptors (Lipinski definition) is 3. The van der Waals surface area contributed by atoms with Crippen molar-refractivity contribution in [3.8, 4) is 5.75 Å². The third-order valence-electron chi connectivity index (χ3n) is 4.01. The third-order valence-corrected chi connectivity index (χ3v) is 4.01. The van der Waals surface area contributed by atoms with E-state index in [1.807, 2.05) is 0 Å². The van der Waals surface area contributed by atoms with Crippen molar-refractivity contribution in [3.63, 3.8) is 0 Å². The average molecular weight is 400 g/mol. The highest BCUT2D eigenvalue weighted by molar-refractivity contribution is 6.03. The number of carbonyl (C=O) groups excluding carboxylic acids is 2. The predicted molar refractivity (Wildman–Crippen MR) is 88.6 cm³/mol. The van der Waals surface area contributed by atoms with E-state index in [1.165, 1.54) is 12.1 Å². The molecule has 0 bridgehead atoms. The summed E-state index contributed by atoms with van der Waals surface area (Å²) in [7, 11) is 0. The molecule has 0 radical (unpaired) electrons. The summed E-state index contributed by atoms with van der Waals surface area (Å²) in [6.45, 7) is -0.0805. The maximum atomic E-state index is 13.3. The number of hydrogen-bond donors (Lipinski definition) is 1. The molecule has 1 aliphatic heterocycles. The van der Waals surface area contributed by atoms with Gasteiger partial charge < -0.3 is 15.0 Å². The van der Waals surface area contributed by atoms with E-state index in [0.717, 1.165) is 29.2 Å². The number of halogens is 5. The first-order chi connectivity index (χ1) is 13.1. The number of carbonyl (C=O) groups is 2.